The van der Waals surface area contributed by atoms with E-state index in [1.165, 1.54) is 0 Å². The van der Waals surface area contributed by atoms with E-state index in [4.69, 9.17) is 5.73 Å². The van der Waals surface area contributed by atoms with E-state index >= 15 is 0 Å². The average Bonchev–Trinajstić information content (AvgIpc) is 3.09. The molecule has 0 unspecified atom stereocenters. The molecule has 0 bridgehead atoms. The van der Waals surface area contributed by atoms with E-state index in [9.17, 15) is 9.59 Å². The van der Waals surface area contributed by atoms with Crippen molar-refractivity contribution >= 4 is 11.8 Å². The second kappa shape index (κ2) is 6.01. The highest BCUT2D eigenvalue weighted by Gasteiger charge is 2.26. The van der Waals surface area contributed by atoms with Gasteiger partial charge in [-0.15, -0.1) is 0 Å². The minimum Gasteiger partial charge on any atom is -0.369 e. The molecular weight excluding hydrogens is 280 g/mol. The molecule has 6 heteroatoms. The summed E-state index contributed by atoms with van der Waals surface area (Å²) < 4.78 is 1.72. The number of piperidine rings is 1. The lowest BCUT2D eigenvalue weighted by molar-refractivity contribution is -0.123. The van der Waals surface area contributed by atoms with Crippen molar-refractivity contribution in [3.05, 3.63) is 48.3 Å². The highest BCUT2D eigenvalue weighted by molar-refractivity contribution is 5.95. The van der Waals surface area contributed by atoms with E-state index in [0.717, 1.165) is 5.69 Å². The molecule has 0 spiro atoms. The maximum absolute atomic E-state index is 12.6. The third-order valence-corrected chi connectivity index (χ3v) is 4.05. The number of amides is 2. The molecule has 1 aliphatic heterocycles. The van der Waals surface area contributed by atoms with Crippen LogP contribution in [0.4, 0.5) is 0 Å². The topological polar surface area (TPSA) is 81.2 Å². The number of hydrogen-bond donors (Lipinski definition) is 1. The molecule has 1 fully saturated rings. The molecule has 2 heterocycles. The third kappa shape index (κ3) is 2.86. The summed E-state index contributed by atoms with van der Waals surface area (Å²) in [4.78, 5) is 25.5. The lowest BCUT2D eigenvalue weighted by atomic mass is 9.96. The molecule has 0 radical (unpaired) electrons. The van der Waals surface area contributed by atoms with Crippen molar-refractivity contribution in [3.63, 3.8) is 0 Å². The maximum atomic E-state index is 12.6. The van der Waals surface area contributed by atoms with Crippen LogP contribution >= 0.6 is 0 Å². The van der Waals surface area contributed by atoms with Crippen LogP contribution in [0.3, 0.4) is 0 Å². The van der Waals surface area contributed by atoms with Gasteiger partial charge in [0, 0.05) is 37.0 Å². The number of carbonyl (C=O) groups is 2. The molecule has 2 N–H and O–H groups in total. The minimum atomic E-state index is -0.271. The SMILES string of the molecule is NC(=O)C1CCN(C(=O)c2cccc(-n3cccn3)c2)CC1. The fourth-order valence-electron chi connectivity index (χ4n) is 2.75. The van der Waals surface area contributed by atoms with Crippen molar-refractivity contribution in [3.8, 4) is 5.69 Å². The molecule has 0 aliphatic carbocycles. The van der Waals surface area contributed by atoms with Gasteiger partial charge < -0.3 is 10.6 Å². The third-order valence-electron chi connectivity index (χ3n) is 4.05. The molecule has 22 heavy (non-hydrogen) atoms. The fraction of sp³-hybridized carbons (Fsp3) is 0.312. The smallest absolute Gasteiger partial charge is 0.253 e. The zero-order valence-corrected chi connectivity index (χ0v) is 12.2. The maximum Gasteiger partial charge on any atom is 0.253 e. The van der Waals surface area contributed by atoms with E-state index in [2.05, 4.69) is 5.10 Å². The van der Waals surface area contributed by atoms with Crippen molar-refractivity contribution in [2.45, 2.75) is 12.8 Å². The number of aromatic nitrogens is 2. The molecule has 1 saturated heterocycles. The Morgan fingerprint density at radius 3 is 2.59 bits per heavy atom. The molecule has 0 saturated carbocycles. The Balaban J connectivity index is 1.73. The highest BCUT2D eigenvalue weighted by Crippen LogP contribution is 2.19. The summed E-state index contributed by atoms with van der Waals surface area (Å²) in [5.74, 6) is -0.399. The predicted molar refractivity (Wildman–Crippen MR) is 81.4 cm³/mol. The van der Waals surface area contributed by atoms with Crippen LogP contribution < -0.4 is 5.73 Å². The van der Waals surface area contributed by atoms with Crippen LogP contribution in [0, 0.1) is 5.92 Å². The number of likely N-dealkylation sites (tertiary alicyclic amines) is 1. The zero-order valence-electron chi connectivity index (χ0n) is 12.2. The van der Waals surface area contributed by atoms with Gasteiger partial charge in [0.05, 0.1) is 5.69 Å². The normalized spacial score (nSPS) is 15.7. The molecule has 1 aromatic heterocycles. The van der Waals surface area contributed by atoms with Gasteiger partial charge in [-0.1, -0.05) is 6.07 Å². The van der Waals surface area contributed by atoms with Crippen molar-refractivity contribution in [2.75, 3.05) is 13.1 Å². The second-order valence-electron chi connectivity index (χ2n) is 5.47. The van der Waals surface area contributed by atoms with Crippen molar-refractivity contribution in [2.24, 2.45) is 11.7 Å². The van der Waals surface area contributed by atoms with Crippen LogP contribution in [0.1, 0.15) is 23.2 Å². The van der Waals surface area contributed by atoms with Crippen LogP contribution in [0.15, 0.2) is 42.7 Å². The van der Waals surface area contributed by atoms with Gasteiger partial charge in [-0.3, -0.25) is 9.59 Å². The number of carbonyl (C=O) groups excluding carboxylic acids is 2. The van der Waals surface area contributed by atoms with Gasteiger partial charge in [-0.05, 0) is 37.1 Å². The molecule has 2 amide bonds. The number of rotatable bonds is 3. The Morgan fingerprint density at radius 2 is 1.95 bits per heavy atom. The van der Waals surface area contributed by atoms with E-state index in [-0.39, 0.29) is 17.7 Å². The van der Waals surface area contributed by atoms with Crippen LogP contribution in [0.25, 0.3) is 5.69 Å². The van der Waals surface area contributed by atoms with Crippen LogP contribution in [0.2, 0.25) is 0 Å². The van der Waals surface area contributed by atoms with Crippen LogP contribution in [-0.2, 0) is 4.79 Å². The quantitative estimate of drug-likeness (QED) is 0.924. The largest absolute Gasteiger partial charge is 0.369 e. The Bertz CT molecular complexity index is 673. The molecule has 114 valence electrons. The summed E-state index contributed by atoms with van der Waals surface area (Å²) in [6, 6.07) is 9.22. The predicted octanol–water partition coefficient (Wildman–Crippen LogP) is 1.21. The lowest BCUT2D eigenvalue weighted by Crippen LogP contribution is -2.41. The van der Waals surface area contributed by atoms with Crippen molar-refractivity contribution in [1.29, 1.82) is 0 Å². The number of nitrogens with two attached hydrogens (primary N) is 1. The molecule has 0 atom stereocenters. The molecular formula is C16H18N4O2. The summed E-state index contributed by atoms with van der Waals surface area (Å²) in [5.41, 5.74) is 6.80. The number of benzene rings is 1. The Kier molecular flexibility index (Phi) is 3.91. The second-order valence-corrected chi connectivity index (χ2v) is 5.47. The van der Waals surface area contributed by atoms with Gasteiger partial charge >= 0.3 is 0 Å². The van der Waals surface area contributed by atoms with Gasteiger partial charge in [0.1, 0.15) is 0 Å². The summed E-state index contributed by atoms with van der Waals surface area (Å²) in [7, 11) is 0. The molecule has 1 aliphatic rings. The number of nitrogens with zero attached hydrogens (tertiary/aromatic N) is 3. The summed E-state index contributed by atoms with van der Waals surface area (Å²) in [6.45, 7) is 1.14. The molecule has 1 aromatic carbocycles. The van der Waals surface area contributed by atoms with E-state index in [1.54, 1.807) is 21.8 Å². The zero-order chi connectivity index (χ0) is 15.5. The molecule has 6 nitrogen and oxygen atoms in total. The van der Waals surface area contributed by atoms with E-state index < -0.39 is 0 Å². The summed E-state index contributed by atoms with van der Waals surface area (Å²) in [5, 5.41) is 4.17. The van der Waals surface area contributed by atoms with Gasteiger partial charge in [-0.25, -0.2) is 4.68 Å². The molecule has 2 aromatic rings. The first-order chi connectivity index (χ1) is 10.6. The molecule has 3 rings (SSSR count). The Hall–Kier alpha value is -2.63. The Labute approximate surface area is 128 Å². The highest BCUT2D eigenvalue weighted by atomic mass is 16.2. The van der Waals surface area contributed by atoms with Gasteiger partial charge in [-0.2, -0.15) is 5.10 Å². The number of primary amides is 1. The first-order valence-corrected chi connectivity index (χ1v) is 7.34. The summed E-state index contributed by atoms with van der Waals surface area (Å²) >= 11 is 0. The van der Waals surface area contributed by atoms with E-state index in [0.29, 0.717) is 31.5 Å². The minimum absolute atomic E-state index is 0.0167. The van der Waals surface area contributed by atoms with Gasteiger partial charge in [0.25, 0.3) is 5.91 Å². The fourth-order valence-corrected chi connectivity index (χ4v) is 2.75. The van der Waals surface area contributed by atoms with Crippen LogP contribution in [0.5, 0.6) is 0 Å². The van der Waals surface area contributed by atoms with Crippen molar-refractivity contribution in [1.82, 2.24) is 14.7 Å². The first kappa shape index (κ1) is 14.3. The van der Waals surface area contributed by atoms with E-state index in [1.807, 2.05) is 30.5 Å². The van der Waals surface area contributed by atoms with Crippen LogP contribution in [-0.4, -0.2) is 39.6 Å². The number of hydrogen-bond acceptors (Lipinski definition) is 3. The van der Waals surface area contributed by atoms with Gasteiger partial charge in [0.2, 0.25) is 5.91 Å². The van der Waals surface area contributed by atoms with Crippen molar-refractivity contribution < 1.29 is 9.59 Å². The standard InChI is InChI=1S/C16H18N4O2/c17-15(21)12-5-9-19(10-6-12)16(22)13-3-1-4-14(11-13)20-8-2-7-18-20/h1-4,7-8,11-12H,5-6,9-10H2,(H2,17,21). The Morgan fingerprint density at radius 1 is 1.18 bits per heavy atom. The lowest BCUT2D eigenvalue weighted by Gasteiger charge is -2.30. The summed E-state index contributed by atoms with van der Waals surface area (Å²) in [6.07, 6.45) is 4.81. The first-order valence-electron chi connectivity index (χ1n) is 7.34. The monoisotopic (exact) mass is 298 g/mol. The van der Waals surface area contributed by atoms with Gasteiger partial charge in [0.15, 0.2) is 0 Å². The average molecular weight is 298 g/mol.